The lowest BCUT2D eigenvalue weighted by molar-refractivity contribution is -0.131. The smallest absolute Gasteiger partial charge is 0.231 e. The molecule has 4 rings (SSSR count). The number of aromatic nitrogens is 3. The Kier molecular flexibility index (Phi) is 6.32. The summed E-state index contributed by atoms with van der Waals surface area (Å²) in [5.74, 6) is 1.54. The van der Waals surface area contributed by atoms with Gasteiger partial charge in [-0.3, -0.25) is 9.78 Å². The highest BCUT2D eigenvalue weighted by Gasteiger charge is 2.28. The van der Waals surface area contributed by atoms with Crippen LogP contribution in [0.1, 0.15) is 36.0 Å². The van der Waals surface area contributed by atoms with Crippen LogP contribution in [0.3, 0.4) is 0 Å². The second-order valence-corrected chi connectivity index (χ2v) is 7.32. The first-order chi connectivity index (χ1) is 14.7. The van der Waals surface area contributed by atoms with Gasteiger partial charge in [-0.2, -0.15) is 4.98 Å². The van der Waals surface area contributed by atoms with Crippen LogP contribution in [0.15, 0.2) is 53.3 Å². The molecule has 3 heterocycles. The molecule has 1 aromatic carbocycles. The maximum absolute atomic E-state index is 12.9. The molecule has 0 spiro atoms. The van der Waals surface area contributed by atoms with Gasteiger partial charge in [0.15, 0.2) is 5.82 Å². The number of nitrogens with zero attached hydrogens (tertiary/aromatic N) is 4. The van der Waals surface area contributed by atoms with Crippen molar-refractivity contribution in [1.82, 2.24) is 20.0 Å². The number of piperidine rings is 1. The Hall–Kier alpha value is -3.29. The molecule has 1 amide bonds. The molecule has 1 atom stereocenters. The van der Waals surface area contributed by atoms with Gasteiger partial charge in [0.2, 0.25) is 11.8 Å². The fraction of sp³-hybridized carbons (Fsp3) is 0.364. The van der Waals surface area contributed by atoms with Crippen molar-refractivity contribution in [2.45, 2.75) is 31.6 Å². The molecule has 7 nitrogen and oxygen atoms in total. The average Bonchev–Trinajstić information content (AvgIpc) is 3.25. The molecule has 1 saturated heterocycles. The molecule has 0 saturated carbocycles. The van der Waals surface area contributed by atoms with Crippen molar-refractivity contribution >= 4 is 5.91 Å². The SMILES string of the molecule is O=C(Cc1cccnc1)N1CCCC(c2nc(CCOc3ccc(F)cc3)no2)C1. The first-order valence-electron chi connectivity index (χ1n) is 10.0. The predicted octanol–water partition coefficient (Wildman–Crippen LogP) is 3.17. The zero-order valence-electron chi connectivity index (χ0n) is 16.5. The van der Waals surface area contributed by atoms with Crippen LogP contribution in [-0.4, -0.2) is 45.6 Å². The second kappa shape index (κ2) is 9.47. The highest BCUT2D eigenvalue weighted by atomic mass is 19.1. The quantitative estimate of drug-likeness (QED) is 0.595. The summed E-state index contributed by atoms with van der Waals surface area (Å²) < 4.78 is 24.0. The van der Waals surface area contributed by atoms with Crippen molar-refractivity contribution in [2.75, 3.05) is 19.7 Å². The number of rotatable bonds is 7. The molecule has 0 N–H and O–H groups in total. The number of ether oxygens (including phenoxy) is 1. The van der Waals surface area contributed by atoms with E-state index in [1.807, 2.05) is 17.0 Å². The van der Waals surface area contributed by atoms with Crippen LogP contribution in [0, 0.1) is 5.82 Å². The van der Waals surface area contributed by atoms with Crippen LogP contribution in [0.25, 0.3) is 0 Å². The van der Waals surface area contributed by atoms with Gasteiger partial charge in [0.05, 0.1) is 18.9 Å². The van der Waals surface area contributed by atoms with Gasteiger partial charge < -0.3 is 14.2 Å². The van der Waals surface area contributed by atoms with E-state index in [1.165, 1.54) is 12.1 Å². The lowest BCUT2D eigenvalue weighted by Crippen LogP contribution is -2.40. The Morgan fingerprint density at radius 2 is 2.13 bits per heavy atom. The Balaban J connectivity index is 1.29. The van der Waals surface area contributed by atoms with Crippen molar-refractivity contribution in [1.29, 1.82) is 0 Å². The first-order valence-corrected chi connectivity index (χ1v) is 10.0. The van der Waals surface area contributed by atoms with Crippen LogP contribution in [0.5, 0.6) is 5.75 Å². The van der Waals surface area contributed by atoms with Crippen LogP contribution in [-0.2, 0) is 17.6 Å². The molecule has 3 aromatic rings. The largest absolute Gasteiger partial charge is 0.493 e. The van der Waals surface area contributed by atoms with E-state index in [4.69, 9.17) is 9.26 Å². The minimum atomic E-state index is -0.300. The van der Waals surface area contributed by atoms with E-state index in [9.17, 15) is 9.18 Å². The van der Waals surface area contributed by atoms with Crippen molar-refractivity contribution < 1.29 is 18.4 Å². The van der Waals surface area contributed by atoms with Crippen molar-refractivity contribution in [3.63, 3.8) is 0 Å². The molecule has 0 aliphatic carbocycles. The molecule has 0 bridgehead atoms. The number of carbonyl (C=O) groups is 1. The van der Waals surface area contributed by atoms with Crippen molar-refractivity contribution in [3.8, 4) is 5.75 Å². The van der Waals surface area contributed by atoms with E-state index >= 15 is 0 Å². The summed E-state index contributed by atoms with van der Waals surface area (Å²) >= 11 is 0. The van der Waals surface area contributed by atoms with Crippen LogP contribution in [0.4, 0.5) is 4.39 Å². The van der Waals surface area contributed by atoms with Crippen molar-refractivity contribution in [3.05, 3.63) is 71.9 Å². The monoisotopic (exact) mass is 410 g/mol. The standard InChI is InChI=1S/C22H23FN4O3/c23-18-5-7-19(8-6-18)29-12-9-20-25-22(30-26-20)17-4-2-11-27(15-17)21(28)13-16-3-1-10-24-14-16/h1,3,5-8,10,14,17H,2,4,9,11-13,15H2. The molecule has 1 unspecified atom stereocenters. The summed E-state index contributed by atoms with van der Waals surface area (Å²) in [6.07, 6.45) is 6.05. The molecular weight excluding hydrogens is 387 g/mol. The zero-order valence-corrected chi connectivity index (χ0v) is 16.5. The maximum Gasteiger partial charge on any atom is 0.231 e. The third-order valence-electron chi connectivity index (χ3n) is 5.09. The minimum absolute atomic E-state index is 0.0378. The van der Waals surface area contributed by atoms with Gasteiger partial charge in [-0.05, 0) is 48.7 Å². The zero-order chi connectivity index (χ0) is 20.8. The number of amides is 1. The third kappa shape index (κ3) is 5.20. The number of carbonyl (C=O) groups excluding carboxylic acids is 1. The Labute approximate surface area is 173 Å². The van der Waals surface area contributed by atoms with Gasteiger partial charge in [-0.15, -0.1) is 0 Å². The fourth-order valence-electron chi connectivity index (χ4n) is 3.52. The molecular formula is C22H23FN4O3. The molecule has 1 aliphatic heterocycles. The Bertz CT molecular complexity index is 962. The van der Waals surface area contributed by atoms with E-state index in [-0.39, 0.29) is 17.6 Å². The number of halogens is 1. The molecule has 1 aliphatic rings. The van der Waals surface area contributed by atoms with Gasteiger partial charge in [-0.1, -0.05) is 11.2 Å². The molecule has 0 radical (unpaired) electrons. The summed E-state index contributed by atoms with van der Waals surface area (Å²) in [6, 6.07) is 9.61. The third-order valence-corrected chi connectivity index (χ3v) is 5.09. The second-order valence-electron chi connectivity index (χ2n) is 7.32. The van der Waals surface area contributed by atoms with E-state index in [1.54, 1.807) is 24.5 Å². The van der Waals surface area contributed by atoms with Crippen molar-refractivity contribution in [2.24, 2.45) is 0 Å². The summed E-state index contributed by atoms with van der Waals surface area (Å²) in [5, 5.41) is 4.04. The summed E-state index contributed by atoms with van der Waals surface area (Å²) in [5.41, 5.74) is 0.908. The highest BCUT2D eigenvalue weighted by Crippen LogP contribution is 2.26. The van der Waals surface area contributed by atoms with Crippen LogP contribution in [0.2, 0.25) is 0 Å². The Morgan fingerprint density at radius 3 is 2.93 bits per heavy atom. The number of likely N-dealkylation sites (tertiary alicyclic amines) is 1. The highest BCUT2D eigenvalue weighted by molar-refractivity contribution is 5.78. The molecule has 1 fully saturated rings. The van der Waals surface area contributed by atoms with Gasteiger partial charge in [-0.25, -0.2) is 4.39 Å². The number of pyridine rings is 1. The number of hydrogen-bond donors (Lipinski definition) is 0. The molecule has 30 heavy (non-hydrogen) atoms. The van der Waals surface area contributed by atoms with Crippen LogP contribution >= 0.6 is 0 Å². The first kappa shape index (κ1) is 20.0. The van der Waals surface area contributed by atoms with Gasteiger partial charge >= 0.3 is 0 Å². The lowest BCUT2D eigenvalue weighted by atomic mass is 9.97. The van der Waals surface area contributed by atoms with E-state index in [0.29, 0.717) is 43.5 Å². The van der Waals surface area contributed by atoms with Gasteiger partial charge in [0.1, 0.15) is 11.6 Å². The topological polar surface area (TPSA) is 81.4 Å². The molecule has 156 valence electrons. The van der Waals surface area contributed by atoms with Gasteiger partial charge in [0, 0.05) is 31.9 Å². The average molecular weight is 410 g/mol. The van der Waals surface area contributed by atoms with E-state index in [2.05, 4.69) is 15.1 Å². The molecule has 2 aromatic heterocycles. The van der Waals surface area contributed by atoms with Crippen LogP contribution < -0.4 is 4.74 Å². The lowest BCUT2D eigenvalue weighted by Gasteiger charge is -2.31. The summed E-state index contributed by atoms with van der Waals surface area (Å²) in [4.78, 5) is 23.1. The van der Waals surface area contributed by atoms with Gasteiger partial charge in [0.25, 0.3) is 0 Å². The summed E-state index contributed by atoms with van der Waals surface area (Å²) in [7, 11) is 0. The predicted molar refractivity (Wildman–Crippen MR) is 106 cm³/mol. The normalized spacial score (nSPS) is 16.4. The number of benzene rings is 1. The fourth-order valence-corrected chi connectivity index (χ4v) is 3.52. The van der Waals surface area contributed by atoms with E-state index in [0.717, 1.165) is 24.9 Å². The maximum atomic E-state index is 12.9. The summed E-state index contributed by atoms with van der Waals surface area (Å²) in [6.45, 7) is 1.68. The molecule has 8 heteroatoms. The van der Waals surface area contributed by atoms with E-state index < -0.39 is 0 Å². The Morgan fingerprint density at radius 1 is 1.27 bits per heavy atom. The minimum Gasteiger partial charge on any atom is -0.493 e. The number of hydrogen-bond acceptors (Lipinski definition) is 6.